The number of rotatable bonds is 0. The van der Waals surface area contributed by atoms with E-state index >= 15 is 0 Å². The number of aliphatic hydroxyl groups excluding tert-OH is 1. The van der Waals surface area contributed by atoms with Gasteiger partial charge in [-0.25, -0.2) is 15.6 Å². The number of imide groups is 1. The van der Waals surface area contributed by atoms with Crippen molar-refractivity contribution < 1.29 is 14.7 Å². The predicted molar refractivity (Wildman–Crippen MR) is 39.7 cm³/mol. The van der Waals surface area contributed by atoms with Crippen molar-refractivity contribution in [3.63, 3.8) is 0 Å². The Balaban J connectivity index is 2.10. The SMILES string of the molecule is O=C1NC(=O)C2NNC(O)NC2N1. The van der Waals surface area contributed by atoms with Gasteiger partial charge in [-0.1, -0.05) is 0 Å². The van der Waals surface area contributed by atoms with Gasteiger partial charge in [0.2, 0.25) is 5.91 Å². The van der Waals surface area contributed by atoms with E-state index in [4.69, 9.17) is 5.11 Å². The van der Waals surface area contributed by atoms with Gasteiger partial charge < -0.3 is 10.4 Å². The summed E-state index contributed by atoms with van der Waals surface area (Å²) in [5.74, 6) is -0.444. The summed E-state index contributed by atoms with van der Waals surface area (Å²) in [7, 11) is 0. The maximum absolute atomic E-state index is 11.1. The zero-order valence-corrected chi connectivity index (χ0v) is 6.50. The number of hydrogen-bond acceptors (Lipinski definition) is 6. The number of carbonyl (C=O) groups excluding carboxylic acids is 2. The van der Waals surface area contributed by atoms with Crippen molar-refractivity contribution in [2.45, 2.75) is 18.6 Å². The van der Waals surface area contributed by atoms with Crippen molar-refractivity contribution in [1.29, 1.82) is 0 Å². The van der Waals surface area contributed by atoms with Crippen molar-refractivity contribution in [3.05, 3.63) is 0 Å². The first-order valence-corrected chi connectivity index (χ1v) is 3.73. The smallest absolute Gasteiger partial charge is 0.322 e. The Labute approximate surface area is 73.0 Å². The van der Waals surface area contributed by atoms with Gasteiger partial charge in [-0.2, -0.15) is 0 Å². The Bertz CT molecular complexity index is 257. The van der Waals surface area contributed by atoms with Gasteiger partial charge in [-0.05, 0) is 0 Å². The molecule has 8 nitrogen and oxygen atoms in total. The van der Waals surface area contributed by atoms with Crippen LogP contribution in [0.4, 0.5) is 4.79 Å². The van der Waals surface area contributed by atoms with Crippen molar-refractivity contribution in [1.82, 2.24) is 26.8 Å². The second-order valence-corrected chi connectivity index (χ2v) is 2.78. The number of hydrogen-bond donors (Lipinski definition) is 6. The predicted octanol–water partition coefficient (Wildman–Crippen LogP) is -3.51. The van der Waals surface area contributed by atoms with Crippen molar-refractivity contribution in [2.75, 3.05) is 0 Å². The molecule has 0 saturated carbocycles. The van der Waals surface area contributed by atoms with E-state index in [0.717, 1.165) is 0 Å². The van der Waals surface area contributed by atoms with Crippen LogP contribution < -0.4 is 26.8 Å². The van der Waals surface area contributed by atoms with Gasteiger partial charge in [0.25, 0.3) is 0 Å². The monoisotopic (exact) mass is 187 g/mol. The molecule has 0 aromatic heterocycles. The van der Waals surface area contributed by atoms with Gasteiger partial charge in [0, 0.05) is 0 Å². The summed E-state index contributed by atoms with van der Waals surface area (Å²) < 4.78 is 0. The molecule has 72 valence electrons. The normalized spacial score (nSPS) is 39.0. The molecule has 3 unspecified atom stereocenters. The first kappa shape index (κ1) is 8.38. The molecule has 0 aromatic rings. The molecular weight excluding hydrogens is 178 g/mol. The van der Waals surface area contributed by atoms with E-state index in [9.17, 15) is 9.59 Å². The van der Waals surface area contributed by atoms with Crippen molar-refractivity contribution in [2.24, 2.45) is 0 Å². The molecule has 0 aromatic carbocycles. The van der Waals surface area contributed by atoms with Crippen LogP contribution in [0, 0.1) is 0 Å². The third-order valence-corrected chi connectivity index (χ3v) is 1.85. The lowest BCUT2D eigenvalue weighted by molar-refractivity contribution is -0.127. The summed E-state index contributed by atoms with van der Waals surface area (Å²) in [6, 6.07) is -1.20. The highest BCUT2D eigenvalue weighted by Crippen LogP contribution is 2.00. The average molecular weight is 187 g/mol. The fourth-order valence-electron chi connectivity index (χ4n) is 1.27. The zero-order valence-electron chi connectivity index (χ0n) is 6.50. The zero-order chi connectivity index (χ0) is 9.42. The summed E-state index contributed by atoms with van der Waals surface area (Å²) in [4.78, 5) is 22.0. The number of aliphatic hydroxyl groups is 1. The number of urea groups is 1. The number of fused-ring (bicyclic) bond motifs is 1. The molecule has 2 rings (SSSR count). The van der Waals surface area contributed by atoms with E-state index in [1.807, 2.05) is 0 Å². The van der Waals surface area contributed by atoms with Crippen molar-refractivity contribution in [3.8, 4) is 0 Å². The first-order chi connectivity index (χ1) is 6.16. The van der Waals surface area contributed by atoms with Crippen LogP contribution in [0.1, 0.15) is 0 Å². The molecule has 3 atom stereocenters. The van der Waals surface area contributed by atoms with Gasteiger partial charge in [0.05, 0.1) is 0 Å². The maximum Gasteiger partial charge on any atom is 0.322 e. The van der Waals surface area contributed by atoms with Gasteiger partial charge in [-0.15, -0.1) is 0 Å². The molecule has 2 fully saturated rings. The Morgan fingerprint density at radius 3 is 2.77 bits per heavy atom. The summed E-state index contributed by atoms with van der Waals surface area (Å²) in [6.45, 7) is 0. The molecule has 8 heteroatoms. The van der Waals surface area contributed by atoms with Gasteiger partial charge in [0.15, 0.2) is 6.35 Å². The molecular formula is C5H9N5O3. The average Bonchev–Trinajstić information content (AvgIpc) is 2.02. The quantitative estimate of drug-likeness (QED) is 0.234. The second-order valence-electron chi connectivity index (χ2n) is 2.78. The summed E-state index contributed by atoms with van der Waals surface area (Å²) >= 11 is 0. The minimum Gasteiger partial charge on any atom is -0.364 e. The molecule has 2 saturated heterocycles. The number of hydrazine groups is 1. The molecule has 2 aliphatic heterocycles. The molecule has 13 heavy (non-hydrogen) atoms. The Morgan fingerprint density at radius 2 is 2.00 bits per heavy atom. The fourth-order valence-corrected chi connectivity index (χ4v) is 1.27. The van der Waals surface area contributed by atoms with Crippen LogP contribution in [0.5, 0.6) is 0 Å². The maximum atomic E-state index is 11.1. The van der Waals surface area contributed by atoms with Gasteiger partial charge in [0.1, 0.15) is 12.2 Å². The molecule has 6 N–H and O–H groups in total. The Kier molecular flexibility index (Phi) is 1.88. The van der Waals surface area contributed by atoms with E-state index in [1.54, 1.807) is 0 Å². The summed E-state index contributed by atoms with van der Waals surface area (Å²) in [5, 5.41) is 16.1. The van der Waals surface area contributed by atoms with E-state index in [2.05, 4.69) is 26.8 Å². The van der Waals surface area contributed by atoms with E-state index in [1.165, 1.54) is 0 Å². The topological polar surface area (TPSA) is 115 Å². The lowest BCUT2D eigenvalue weighted by atomic mass is 10.1. The standard InChI is InChI=1S/C5H9N5O3/c11-3-1-2(6-4(12)8-3)7-5(13)10-9-1/h1-2,5,7,9-10,13H,(H2,6,8,11,12). The number of carbonyl (C=O) groups is 2. The van der Waals surface area contributed by atoms with Crippen LogP contribution in [0.3, 0.4) is 0 Å². The highest BCUT2D eigenvalue weighted by molar-refractivity contribution is 6.00. The van der Waals surface area contributed by atoms with E-state index in [0.29, 0.717) is 0 Å². The van der Waals surface area contributed by atoms with Crippen molar-refractivity contribution >= 4 is 11.9 Å². The van der Waals surface area contributed by atoms with Crippen LogP contribution in [0.15, 0.2) is 0 Å². The van der Waals surface area contributed by atoms with Crippen LogP contribution >= 0.6 is 0 Å². The molecule has 3 amide bonds. The summed E-state index contributed by atoms with van der Waals surface area (Å²) in [6.07, 6.45) is -1.59. The molecule has 2 heterocycles. The highest BCUT2D eigenvalue weighted by atomic mass is 16.3. The molecule has 0 aliphatic carbocycles. The molecule has 0 radical (unpaired) electrons. The van der Waals surface area contributed by atoms with E-state index < -0.39 is 30.5 Å². The van der Waals surface area contributed by atoms with Crippen LogP contribution in [0.2, 0.25) is 0 Å². The van der Waals surface area contributed by atoms with Gasteiger partial charge in [-0.3, -0.25) is 15.4 Å². The minimum absolute atomic E-state index is 0.444. The number of amides is 3. The largest absolute Gasteiger partial charge is 0.364 e. The Morgan fingerprint density at radius 1 is 1.23 bits per heavy atom. The Hall–Kier alpha value is -1.22. The summed E-state index contributed by atoms with van der Waals surface area (Å²) in [5.41, 5.74) is 4.96. The van der Waals surface area contributed by atoms with Gasteiger partial charge >= 0.3 is 6.03 Å². The third-order valence-electron chi connectivity index (χ3n) is 1.85. The molecule has 0 bridgehead atoms. The molecule has 0 spiro atoms. The third kappa shape index (κ3) is 1.47. The molecule has 2 aliphatic rings. The van der Waals surface area contributed by atoms with Crippen LogP contribution in [-0.4, -0.2) is 35.6 Å². The minimum atomic E-state index is -0.993. The fraction of sp³-hybridized carbons (Fsp3) is 0.600. The highest BCUT2D eigenvalue weighted by Gasteiger charge is 2.39. The number of nitrogens with one attached hydrogen (secondary N) is 5. The second kappa shape index (κ2) is 2.92. The lowest BCUT2D eigenvalue weighted by Crippen LogP contribution is -2.78. The first-order valence-electron chi connectivity index (χ1n) is 3.73. The van der Waals surface area contributed by atoms with Crippen LogP contribution in [-0.2, 0) is 4.79 Å². The van der Waals surface area contributed by atoms with E-state index in [-0.39, 0.29) is 0 Å². The lowest BCUT2D eigenvalue weighted by Gasteiger charge is -2.38. The van der Waals surface area contributed by atoms with Crippen LogP contribution in [0.25, 0.3) is 0 Å².